The zero-order chi connectivity index (χ0) is 9.60. The minimum atomic E-state index is -0.484. The third-order valence-electron chi connectivity index (χ3n) is 4.12. The van der Waals surface area contributed by atoms with E-state index in [0.717, 1.165) is 17.9 Å². The van der Waals surface area contributed by atoms with E-state index in [4.69, 9.17) is 0 Å². The van der Waals surface area contributed by atoms with Gasteiger partial charge in [0.2, 0.25) is 0 Å². The Kier molecular flexibility index (Phi) is 1.72. The van der Waals surface area contributed by atoms with Crippen molar-refractivity contribution in [1.82, 2.24) is 0 Å². The molecule has 2 fully saturated rings. The van der Waals surface area contributed by atoms with Gasteiger partial charge in [-0.05, 0) is 36.7 Å². The summed E-state index contributed by atoms with van der Waals surface area (Å²) in [4.78, 5) is 0. The summed E-state index contributed by atoms with van der Waals surface area (Å²) < 4.78 is 0. The summed E-state index contributed by atoms with van der Waals surface area (Å²) in [6.07, 6.45) is 4.85. The largest absolute Gasteiger partial charge is 0.385 e. The lowest BCUT2D eigenvalue weighted by atomic mass is 9.60. The Balaban J connectivity index is 1.92. The second-order valence-corrected chi connectivity index (χ2v) is 4.79. The molecule has 0 heterocycles. The third-order valence-corrected chi connectivity index (χ3v) is 4.12. The second-order valence-electron chi connectivity index (χ2n) is 4.79. The summed E-state index contributed by atoms with van der Waals surface area (Å²) in [5, 5.41) is 10.6. The van der Waals surface area contributed by atoms with Gasteiger partial charge < -0.3 is 5.11 Å². The van der Waals surface area contributed by atoms with Gasteiger partial charge in [0.25, 0.3) is 0 Å². The first kappa shape index (κ1) is 8.49. The van der Waals surface area contributed by atoms with Crippen molar-refractivity contribution in [3.8, 4) is 0 Å². The molecule has 0 saturated heterocycles. The van der Waals surface area contributed by atoms with Gasteiger partial charge in [-0.25, -0.2) is 0 Å². The van der Waals surface area contributed by atoms with E-state index >= 15 is 0 Å². The maximum atomic E-state index is 10.6. The van der Waals surface area contributed by atoms with E-state index in [-0.39, 0.29) is 0 Å². The number of hydrogen-bond donors (Lipinski definition) is 1. The Morgan fingerprint density at radius 3 is 2.64 bits per heavy atom. The summed E-state index contributed by atoms with van der Waals surface area (Å²) in [7, 11) is 0. The molecule has 1 aromatic rings. The first-order chi connectivity index (χ1) is 6.81. The molecule has 1 N–H and O–H groups in total. The fourth-order valence-corrected chi connectivity index (χ4v) is 3.36. The van der Waals surface area contributed by atoms with E-state index in [0.29, 0.717) is 5.92 Å². The van der Waals surface area contributed by atoms with Crippen LogP contribution in [0, 0.1) is 11.8 Å². The number of benzene rings is 1. The van der Waals surface area contributed by atoms with Gasteiger partial charge in [-0.2, -0.15) is 0 Å². The summed E-state index contributed by atoms with van der Waals surface area (Å²) >= 11 is 0. The first-order valence-electron chi connectivity index (χ1n) is 5.58. The highest BCUT2D eigenvalue weighted by Gasteiger charge is 2.55. The van der Waals surface area contributed by atoms with Crippen molar-refractivity contribution >= 4 is 0 Å². The van der Waals surface area contributed by atoms with E-state index in [1.807, 2.05) is 18.2 Å². The minimum Gasteiger partial charge on any atom is -0.385 e. The van der Waals surface area contributed by atoms with Crippen LogP contribution in [-0.2, 0) is 5.60 Å². The molecule has 0 radical (unpaired) electrons. The predicted octanol–water partition coefficient (Wildman–Crippen LogP) is 2.69. The molecule has 0 bridgehead atoms. The highest BCUT2D eigenvalue weighted by Crippen LogP contribution is 2.58. The molecule has 14 heavy (non-hydrogen) atoms. The molecule has 1 nitrogen and oxygen atoms in total. The van der Waals surface area contributed by atoms with Crippen molar-refractivity contribution in [2.24, 2.45) is 11.8 Å². The van der Waals surface area contributed by atoms with E-state index in [2.05, 4.69) is 12.1 Å². The molecule has 0 aliphatic heterocycles. The molecule has 3 rings (SSSR count). The molecular formula is C13H16O. The quantitative estimate of drug-likeness (QED) is 0.718. The highest BCUT2D eigenvalue weighted by atomic mass is 16.3. The molecule has 0 aromatic heterocycles. The molecule has 3 atom stereocenters. The van der Waals surface area contributed by atoms with Crippen molar-refractivity contribution in [3.63, 3.8) is 0 Å². The van der Waals surface area contributed by atoms with Crippen molar-refractivity contribution in [3.05, 3.63) is 35.9 Å². The second kappa shape index (κ2) is 2.83. The normalized spacial score (nSPS) is 40.4. The molecule has 1 aromatic carbocycles. The van der Waals surface area contributed by atoms with Crippen molar-refractivity contribution < 1.29 is 5.11 Å². The van der Waals surface area contributed by atoms with Gasteiger partial charge in [0.1, 0.15) is 0 Å². The van der Waals surface area contributed by atoms with Crippen LogP contribution < -0.4 is 0 Å². The van der Waals surface area contributed by atoms with Crippen LogP contribution in [0.4, 0.5) is 0 Å². The van der Waals surface area contributed by atoms with Crippen molar-refractivity contribution in [2.75, 3.05) is 0 Å². The third kappa shape index (κ3) is 0.992. The predicted molar refractivity (Wildman–Crippen MR) is 55.8 cm³/mol. The van der Waals surface area contributed by atoms with Crippen LogP contribution in [0.1, 0.15) is 31.2 Å². The lowest BCUT2D eigenvalue weighted by Gasteiger charge is -2.49. The minimum absolute atomic E-state index is 0.484. The SMILES string of the molecule is O[C@@]1(c2ccccc2)C[C@@H]2CCC[C@@H]21. The monoisotopic (exact) mass is 188 g/mol. The molecular weight excluding hydrogens is 172 g/mol. The van der Waals surface area contributed by atoms with Crippen LogP contribution in [0.3, 0.4) is 0 Å². The molecule has 1 heteroatoms. The highest BCUT2D eigenvalue weighted by molar-refractivity contribution is 5.27. The summed E-state index contributed by atoms with van der Waals surface area (Å²) in [5.74, 6) is 1.35. The Morgan fingerprint density at radius 1 is 1.14 bits per heavy atom. The molecule has 0 unspecified atom stereocenters. The van der Waals surface area contributed by atoms with Crippen molar-refractivity contribution in [2.45, 2.75) is 31.3 Å². The van der Waals surface area contributed by atoms with E-state index in [1.54, 1.807) is 0 Å². The summed E-state index contributed by atoms with van der Waals surface area (Å²) in [5.41, 5.74) is 0.644. The maximum Gasteiger partial charge on any atom is 0.0930 e. The van der Waals surface area contributed by atoms with Crippen LogP contribution in [-0.4, -0.2) is 5.11 Å². The average molecular weight is 188 g/mol. The molecule has 0 spiro atoms. The standard InChI is InChI=1S/C13H16O/c14-13(11-6-2-1-3-7-11)9-10-5-4-8-12(10)13/h1-3,6-7,10,12,14H,4-5,8-9H2/t10-,12-,13+/m0/s1. The smallest absolute Gasteiger partial charge is 0.0930 e. The molecule has 2 aliphatic rings. The summed E-state index contributed by atoms with van der Waals surface area (Å²) in [6.45, 7) is 0. The number of rotatable bonds is 1. The average Bonchev–Trinajstić information content (AvgIpc) is 2.61. The molecule has 2 saturated carbocycles. The molecule has 2 aliphatic carbocycles. The number of fused-ring (bicyclic) bond motifs is 1. The van der Waals surface area contributed by atoms with Crippen LogP contribution in [0.2, 0.25) is 0 Å². The Labute approximate surface area is 84.8 Å². The number of aliphatic hydroxyl groups is 1. The van der Waals surface area contributed by atoms with E-state index in [1.165, 1.54) is 19.3 Å². The van der Waals surface area contributed by atoms with E-state index < -0.39 is 5.60 Å². The molecule has 0 amide bonds. The maximum absolute atomic E-state index is 10.6. The molecule has 74 valence electrons. The lowest BCUT2D eigenvalue weighted by molar-refractivity contribution is -0.132. The Hall–Kier alpha value is -0.820. The zero-order valence-electron chi connectivity index (χ0n) is 8.32. The van der Waals surface area contributed by atoms with Gasteiger partial charge >= 0.3 is 0 Å². The lowest BCUT2D eigenvalue weighted by Crippen LogP contribution is -2.48. The fraction of sp³-hybridized carbons (Fsp3) is 0.538. The first-order valence-corrected chi connectivity index (χ1v) is 5.58. The topological polar surface area (TPSA) is 20.2 Å². The summed E-state index contributed by atoms with van der Waals surface area (Å²) in [6, 6.07) is 10.2. The van der Waals surface area contributed by atoms with Crippen LogP contribution in [0.25, 0.3) is 0 Å². The van der Waals surface area contributed by atoms with Gasteiger partial charge in [0.05, 0.1) is 5.60 Å². The Morgan fingerprint density at radius 2 is 1.93 bits per heavy atom. The van der Waals surface area contributed by atoms with Gasteiger partial charge in [-0.1, -0.05) is 36.8 Å². The van der Waals surface area contributed by atoms with Crippen molar-refractivity contribution in [1.29, 1.82) is 0 Å². The van der Waals surface area contributed by atoms with E-state index in [9.17, 15) is 5.11 Å². The van der Waals surface area contributed by atoms with Gasteiger partial charge in [-0.15, -0.1) is 0 Å². The Bertz CT molecular complexity index is 332. The number of hydrogen-bond acceptors (Lipinski definition) is 1. The fourth-order valence-electron chi connectivity index (χ4n) is 3.36. The van der Waals surface area contributed by atoms with Crippen LogP contribution in [0.5, 0.6) is 0 Å². The van der Waals surface area contributed by atoms with Gasteiger partial charge in [0.15, 0.2) is 0 Å². The van der Waals surface area contributed by atoms with Gasteiger partial charge in [-0.3, -0.25) is 0 Å². The van der Waals surface area contributed by atoms with Crippen LogP contribution >= 0.6 is 0 Å². The van der Waals surface area contributed by atoms with Gasteiger partial charge in [0, 0.05) is 0 Å². The van der Waals surface area contributed by atoms with Crippen LogP contribution in [0.15, 0.2) is 30.3 Å². The zero-order valence-corrected chi connectivity index (χ0v) is 8.32.